The Balaban J connectivity index is 2.85. The van der Waals surface area contributed by atoms with Gasteiger partial charge in [0, 0.05) is 0 Å². The maximum Gasteiger partial charge on any atom is 0.329 e. The van der Waals surface area contributed by atoms with Gasteiger partial charge < -0.3 is 10.4 Å². The van der Waals surface area contributed by atoms with Gasteiger partial charge in [0.1, 0.15) is 5.54 Å². The van der Waals surface area contributed by atoms with Gasteiger partial charge in [-0.05, 0) is 31.1 Å². The highest BCUT2D eigenvalue weighted by Gasteiger charge is 2.43. The number of amides is 1. The van der Waals surface area contributed by atoms with E-state index in [1.807, 2.05) is 13.8 Å². The smallest absolute Gasteiger partial charge is 0.329 e. The number of nitrogens with one attached hydrogen (secondary N) is 1. The Labute approximate surface area is 83.7 Å². The van der Waals surface area contributed by atoms with E-state index in [1.54, 1.807) is 0 Å². The molecular formula is C10H17NO3. The van der Waals surface area contributed by atoms with E-state index >= 15 is 0 Å². The molecule has 4 nitrogen and oxygen atoms in total. The van der Waals surface area contributed by atoms with Gasteiger partial charge in [-0.25, -0.2) is 4.79 Å². The van der Waals surface area contributed by atoms with Crippen LogP contribution in [0, 0.1) is 11.8 Å². The topological polar surface area (TPSA) is 66.4 Å². The lowest BCUT2D eigenvalue weighted by atomic mass is 9.72. The molecule has 0 aliphatic heterocycles. The number of hydrogen-bond acceptors (Lipinski definition) is 2. The minimum Gasteiger partial charge on any atom is -0.480 e. The molecule has 0 aromatic rings. The molecule has 0 radical (unpaired) electrons. The van der Waals surface area contributed by atoms with Gasteiger partial charge in [0.2, 0.25) is 6.41 Å². The number of carbonyl (C=O) groups is 2. The summed E-state index contributed by atoms with van der Waals surface area (Å²) in [5.74, 6) is -0.215. The minimum absolute atomic E-state index is 0.349. The lowest BCUT2D eigenvalue weighted by Crippen LogP contribution is -2.55. The predicted octanol–water partition coefficient (Wildman–Crippen LogP) is 1.01. The molecule has 2 atom stereocenters. The molecule has 0 heterocycles. The van der Waals surface area contributed by atoms with Crippen LogP contribution in [0.3, 0.4) is 0 Å². The maximum atomic E-state index is 11.1. The molecule has 1 saturated carbocycles. The summed E-state index contributed by atoms with van der Waals surface area (Å²) in [6.07, 6.45) is 2.60. The van der Waals surface area contributed by atoms with Crippen molar-refractivity contribution in [3.8, 4) is 0 Å². The monoisotopic (exact) mass is 199 g/mol. The highest BCUT2D eigenvalue weighted by atomic mass is 16.4. The Bertz CT molecular complexity index is 230. The van der Waals surface area contributed by atoms with Crippen LogP contribution >= 0.6 is 0 Å². The molecule has 0 aromatic carbocycles. The molecule has 1 aliphatic carbocycles. The number of aliphatic carboxylic acids is 1. The van der Waals surface area contributed by atoms with Crippen molar-refractivity contribution < 1.29 is 14.7 Å². The Morgan fingerprint density at radius 3 is 2.29 bits per heavy atom. The van der Waals surface area contributed by atoms with Crippen LogP contribution in [0.1, 0.15) is 33.1 Å². The van der Waals surface area contributed by atoms with Gasteiger partial charge in [-0.1, -0.05) is 13.8 Å². The fourth-order valence-electron chi connectivity index (χ4n) is 2.59. The Hall–Kier alpha value is -1.06. The van der Waals surface area contributed by atoms with E-state index in [-0.39, 0.29) is 0 Å². The molecule has 2 N–H and O–H groups in total. The van der Waals surface area contributed by atoms with Crippen LogP contribution in [0.4, 0.5) is 0 Å². The van der Waals surface area contributed by atoms with Gasteiger partial charge in [-0.3, -0.25) is 4.79 Å². The first-order valence-electron chi connectivity index (χ1n) is 4.95. The molecule has 80 valence electrons. The summed E-state index contributed by atoms with van der Waals surface area (Å²) >= 11 is 0. The highest BCUT2D eigenvalue weighted by molar-refractivity contribution is 5.81. The first kappa shape index (κ1) is 11.0. The molecule has 1 amide bonds. The van der Waals surface area contributed by atoms with Crippen LogP contribution < -0.4 is 5.32 Å². The zero-order valence-corrected chi connectivity index (χ0v) is 8.62. The lowest BCUT2D eigenvalue weighted by molar-refractivity contribution is -0.149. The van der Waals surface area contributed by atoms with Crippen LogP contribution in [-0.4, -0.2) is 23.0 Å². The van der Waals surface area contributed by atoms with Gasteiger partial charge in [-0.2, -0.15) is 0 Å². The maximum absolute atomic E-state index is 11.1. The third-order valence-electron chi connectivity index (χ3n) is 2.94. The first-order chi connectivity index (χ1) is 6.50. The van der Waals surface area contributed by atoms with Crippen molar-refractivity contribution in [2.45, 2.75) is 38.6 Å². The van der Waals surface area contributed by atoms with E-state index in [0.717, 1.165) is 6.42 Å². The van der Waals surface area contributed by atoms with Gasteiger partial charge in [-0.15, -0.1) is 0 Å². The third kappa shape index (κ3) is 2.05. The van der Waals surface area contributed by atoms with Crippen molar-refractivity contribution in [2.24, 2.45) is 11.8 Å². The second kappa shape index (κ2) is 3.98. The van der Waals surface area contributed by atoms with Crippen LogP contribution in [0.15, 0.2) is 0 Å². The zero-order valence-electron chi connectivity index (χ0n) is 8.62. The fraction of sp³-hybridized carbons (Fsp3) is 0.800. The molecule has 1 aliphatic rings. The van der Waals surface area contributed by atoms with Crippen molar-refractivity contribution in [3.63, 3.8) is 0 Å². The lowest BCUT2D eigenvalue weighted by Gasteiger charge is -2.39. The molecular weight excluding hydrogens is 182 g/mol. The summed E-state index contributed by atoms with van der Waals surface area (Å²) in [7, 11) is 0. The van der Waals surface area contributed by atoms with E-state index in [0.29, 0.717) is 31.1 Å². The molecule has 1 rings (SSSR count). The largest absolute Gasteiger partial charge is 0.480 e. The van der Waals surface area contributed by atoms with Crippen LogP contribution in [-0.2, 0) is 9.59 Å². The average Bonchev–Trinajstić information content (AvgIpc) is 2.02. The molecule has 2 unspecified atom stereocenters. The molecule has 0 saturated heterocycles. The number of carbonyl (C=O) groups excluding carboxylic acids is 1. The summed E-state index contributed by atoms with van der Waals surface area (Å²) in [6.45, 7) is 4.06. The van der Waals surface area contributed by atoms with E-state index in [9.17, 15) is 9.59 Å². The molecule has 0 bridgehead atoms. The van der Waals surface area contributed by atoms with E-state index in [4.69, 9.17) is 5.11 Å². The zero-order chi connectivity index (χ0) is 10.8. The number of carboxylic acids is 1. The molecule has 0 aromatic heterocycles. The Kier molecular flexibility index (Phi) is 3.13. The highest BCUT2D eigenvalue weighted by Crippen LogP contribution is 2.35. The number of carboxylic acid groups (broad SMARTS) is 1. The van der Waals surface area contributed by atoms with Crippen molar-refractivity contribution >= 4 is 12.4 Å². The molecule has 0 spiro atoms. The number of hydrogen-bond donors (Lipinski definition) is 2. The van der Waals surface area contributed by atoms with Crippen LogP contribution in [0.5, 0.6) is 0 Å². The summed E-state index contributed by atoms with van der Waals surface area (Å²) in [5, 5.41) is 11.6. The van der Waals surface area contributed by atoms with Crippen molar-refractivity contribution in [1.29, 1.82) is 0 Å². The predicted molar refractivity (Wildman–Crippen MR) is 51.7 cm³/mol. The van der Waals surface area contributed by atoms with E-state index in [2.05, 4.69) is 5.32 Å². The standard InChI is InChI=1S/C10H17NO3/c1-7-3-8(2)5-10(4-7,9(13)14)11-6-12/h6-8H,3-5H2,1-2H3,(H,11,12)(H,13,14). The third-order valence-corrected chi connectivity index (χ3v) is 2.94. The SMILES string of the molecule is CC1CC(C)CC(NC=O)(C(=O)O)C1. The van der Waals surface area contributed by atoms with Gasteiger partial charge in [0.15, 0.2) is 0 Å². The average molecular weight is 199 g/mol. The number of rotatable bonds is 3. The van der Waals surface area contributed by atoms with E-state index in [1.165, 1.54) is 0 Å². The Morgan fingerprint density at radius 2 is 1.93 bits per heavy atom. The quantitative estimate of drug-likeness (QED) is 0.667. The summed E-state index contributed by atoms with van der Waals surface area (Å²) < 4.78 is 0. The van der Waals surface area contributed by atoms with Gasteiger partial charge in [0.25, 0.3) is 0 Å². The second-order valence-corrected chi connectivity index (χ2v) is 4.50. The van der Waals surface area contributed by atoms with Crippen molar-refractivity contribution in [1.82, 2.24) is 5.32 Å². The summed E-state index contributed by atoms with van der Waals surface area (Å²) in [4.78, 5) is 21.6. The molecule has 4 heteroatoms. The summed E-state index contributed by atoms with van der Waals surface area (Å²) in [5.41, 5.74) is -1.03. The normalized spacial score (nSPS) is 37.6. The van der Waals surface area contributed by atoms with Gasteiger partial charge in [0.05, 0.1) is 0 Å². The molecule has 14 heavy (non-hydrogen) atoms. The summed E-state index contributed by atoms with van der Waals surface area (Å²) in [6, 6.07) is 0. The van der Waals surface area contributed by atoms with Crippen molar-refractivity contribution in [2.75, 3.05) is 0 Å². The second-order valence-electron chi connectivity index (χ2n) is 4.50. The van der Waals surface area contributed by atoms with Gasteiger partial charge >= 0.3 is 5.97 Å². The first-order valence-corrected chi connectivity index (χ1v) is 4.95. The minimum atomic E-state index is -1.03. The Morgan fingerprint density at radius 1 is 1.43 bits per heavy atom. The van der Waals surface area contributed by atoms with Crippen LogP contribution in [0.2, 0.25) is 0 Å². The van der Waals surface area contributed by atoms with Crippen LogP contribution in [0.25, 0.3) is 0 Å². The van der Waals surface area contributed by atoms with Crippen molar-refractivity contribution in [3.05, 3.63) is 0 Å². The molecule has 1 fully saturated rings. The van der Waals surface area contributed by atoms with E-state index < -0.39 is 11.5 Å². The fourth-order valence-corrected chi connectivity index (χ4v) is 2.59.